The van der Waals surface area contributed by atoms with Crippen LogP contribution in [0.2, 0.25) is 0 Å². The first-order valence-electron chi connectivity index (χ1n) is 8.12. The summed E-state index contributed by atoms with van der Waals surface area (Å²) in [6.45, 7) is 0.686. The maximum Gasteiger partial charge on any atom is 0.222 e. The summed E-state index contributed by atoms with van der Waals surface area (Å²) in [5.74, 6) is 1.53. The Hall–Kier alpha value is -2.67. The molecule has 3 heterocycles. The van der Waals surface area contributed by atoms with Crippen LogP contribution in [0.4, 0.5) is 11.8 Å². The number of hydrogen-bond donors (Lipinski definition) is 2. The number of aromatic nitrogens is 4. The number of nitrogens with zero attached hydrogens (tertiary/aromatic N) is 5. The largest absolute Gasteiger partial charge is 0.368 e. The lowest BCUT2D eigenvalue weighted by Crippen LogP contribution is -2.35. The van der Waals surface area contributed by atoms with E-state index in [0.717, 1.165) is 35.7 Å². The SMILES string of the molecule is CN(Cc1cnc2ccccn12)c1cc(C2CC(N)C2)nc(N)n1. The molecule has 7 nitrogen and oxygen atoms in total. The number of fused-ring (bicyclic) bond motifs is 1. The molecule has 1 aliphatic carbocycles. The molecule has 4 rings (SSSR count). The van der Waals surface area contributed by atoms with E-state index in [2.05, 4.69) is 24.3 Å². The summed E-state index contributed by atoms with van der Waals surface area (Å²) < 4.78 is 2.08. The predicted molar refractivity (Wildman–Crippen MR) is 93.7 cm³/mol. The van der Waals surface area contributed by atoms with Crippen molar-refractivity contribution in [2.24, 2.45) is 5.73 Å². The fraction of sp³-hybridized carbons (Fsp3) is 0.353. The van der Waals surface area contributed by atoms with Crippen LogP contribution >= 0.6 is 0 Å². The smallest absolute Gasteiger partial charge is 0.222 e. The number of rotatable bonds is 4. The molecule has 1 aliphatic rings. The second-order valence-electron chi connectivity index (χ2n) is 6.47. The Balaban J connectivity index is 1.59. The van der Waals surface area contributed by atoms with Crippen molar-refractivity contribution in [2.45, 2.75) is 31.3 Å². The molecule has 1 fully saturated rings. The number of nitrogen functional groups attached to an aromatic ring is 1. The first-order chi connectivity index (χ1) is 11.6. The third-order valence-electron chi connectivity index (χ3n) is 4.63. The van der Waals surface area contributed by atoms with Gasteiger partial charge in [-0.05, 0) is 25.0 Å². The maximum absolute atomic E-state index is 5.91. The quantitative estimate of drug-likeness (QED) is 0.756. The van der Waals surface area contributed by atoms with Gasteiger partial charge in [0.1, 0.15) is 11.5 Å². The molecule has 0 saturated heterocycles. The van der Waals surface area contributed by atoms with Crippen LogP contribution in [0.25, 0.3) is 5.65 Å². The summed E-state index contributed by atoms with van der Waals surface area (Å²) in [6, 6.07) is 8.28. The minimum absolute atomic E-state index is 0.283. The fourth-order valence-electron chi connectivity index (χ4n) is 3.21. The lowest BCUT2D eigenvalue weighted by molar-refractivity contribution is 0.345. The van der Waals surface area contributed by atoms with Crippen LogP contribution in [0.3, 0.4) is 0 Å². The summed E-state index contributed by atoms with van der Waals surface area (Å²) >= 11 is 0. The van der Waals surface area contributed by atoms with Crippen molar-refractivity contribution in [1.82, 2.24) is 19.4 Å². The highest BCUT2D eigenvalue weighted by molar-refractivity contribution is 5.46. The molecule has 124 valence electrons. The molecule has 3 aromatic rings. The van der Waals surface area contributed by atoms with Gasteiger partial charge in [0.25, 0.3) is 0 Å². The van der Waals surface area contributed by atoms with Crippen molar-refractivity contribution in [3.05, 3.63) is 48.0 Å². The van der Waals surface area contributed by atoms with E-state index in [9.17, 15) is 0 Å². The number of anilines is 2. The van der Waals surface area contributed by atoms with Crippen LogP contribution in [0, 0.1) is 0 Å². The van der Waals surface area contributed by atoms with Gasteiger partial charge in [-0.2, -0.15) is 4.98 Å². The Labute approximate surface area is 140 Å². The van der Waals surface area contributed by atoms with Crippen LogP contribution in [0.5, 0.6) is 0 Å². The molecule has 7 heteroatoms. The molecule has 0 aromatic carbocycles. The van der Waals surface area contributed by atoms with Gasteiger partial charge in [0.05, 0.1) is 24.1 Å². The zero-order chi connectivity index (χ0) is 16.7. The highest BCUT2D eigenvalue weighted by Crippen LogP contribution is 2.35. The summed E-state index contributed by atoms with van der Waals surface area (Å²) in [5.41, 5.74) is 14.8. The highest BCUT2D eigenvalue weighted by atomic mass is 15.2. The zero-order valence-electron chi connectivity index (χ0n) is 13.6. The molecule has 0 radical (unpaired) electrons. The summed E-state index contributed by atoms with van der Waals surface area (Å²) in [5, 5.41) is 0. The fourth-order valence-corrected chi connectivity index (χ4v) is 3.21. The number of imidazole rings is 1. The zero-order valence-corrected chi connectivity index (χ0v) is 13.6. The normalized spacial score (nSPS) is 20.1. The van der Waals surface area contributed by atoms with Gasteiger partial charge in [0.15, 0.2) is 0 Å². The lowest BCUT2D eigenvalue weighted by atomic mass is 9.78. The van der Waals surface area contributed by atoms with Crippen molar-refractivity contribution in [2.75, 3.05) is 17.7 Å². The minimum Gasteiger partial charge on any atom is -0.368 e. The van der Waals surface area contributed by atoms with E-state index < -0.39 is 0 Å². The molecule has 0 atom stereocenters. The Kier molecular flexibility index (Phi) is 3.57. The van der Waals surface area contributed by atoms with Gasteiger partial charge in [0.2, 0.25) is 5.95 Å². The number of pyridine rings is 1. The molecule has 0 aliphatic heterocycles. The summed E-state index contributed by atoms with van der Waals surface area (Å²) in [4.78, 5) is 15.3. The summed E-state index contributed by atoms with van der Waals surface area (Å²) in [7, 11) is 2.00. The topological polar surface area (TPSA) is 98.4 Å². The van der Waals surface area contributed by atoms with Crippen molar-refractivity contribution >= 4 is 17.4 Å². The molecule has 0 amide bonds. The second-order valence-corrected chi connectivity index (χ2v) is 6.47. The molecule has 4 N–H and O–H groups in total. The molecular weight excluding hydrogens is 302 g/mol. The predicted octanol–water partition coefficient (Wildman–Crippen LogP) is 1.55. The molecular formula is C17H21N7. The summed E-state index contributed by atoms with van der Waals surface area (Å²) in [6.07, 6.45) is 5.84. The van der Waals surface area contributed by atoms with Crippen LogP contribution in [0.15, 0.2) is 36.7 Å². The molecule has 1 saturated carbocycles. The van der Waals surface area contributed by atoms with E-state index in [0.29, 0.717) is 18.4 Å². The van der Waals surface area contributed by atoms with E-state index >= 15 is 0 Å². The van der Waals surface area contributed by atoms with Crippen molar-refractivity contribution in [3.63, 3.8) is 0 Å². The van der Waals surface area contributed by atoms with Crippen molar-refractivity contribution < 1.29 is 0 Å². The van der Waals surface area contributed by atoms with Gasteiger partial charge >= 0.3 is 0 Å². The first kappa shape index (κ1) is 14.9. The van der Waals surface area contributed by atoms with E-state index in [1.54, 1.807) is 0 Å². The van der Waals surface area contributed by atoms with Crippen LogP contribution < -0.4 is 16.4 Å². The van der Waals surface area contributed by atoms with Gasteiger partial charge in [-0.1, -0.05) is 6.07 Å². The Bertz CT molecular complexity index is 866. The monoisotopic (exact) mass is 323 g/mol. The van der Waals surface area contributed by atoms with E-state index in [1.807, 2.05) is 43.7 Å². The molecule has 24 heavy (non-hydrogen) atoms. The Morgan fingerprint density at radius 1 is 1.29 bits per heavy atom. The molecule has 0 spiro atoms. The first-order valence-corrected chi connectivity index (χ1v) is 8.12. The highest BCUT2D eigenvalue weighted by Gasteiger charge is 2.29. The van der Waals surface area contributed by atoms with Gasteiger partial charge in [0, 0.05) is 31.3 Å². The van der Waals surface area contributed by atoms with Gasteiger partial charge in [-0.3, -0.25) is 0 Å². The molecule has 0 bridgehead atoms. The minimum atomic E-state index is 0.283. The third kappa shape index (κ3) is 2.67. The van der Waals surface area contributed by atoms with Crippen molar-refractivity contribution in [3.8, 4) is 0 Å². The average molecular weight is 323 g/mol. The Morgan fingerprint density at radius 3 is 2.92 bits per heavy atom. The lowest BCUT2D eigenvalue weighted by Gasteiger charge is -2.32. The van der Waals surface area contributed by atoms with Crippen LogP contribution in [0.1, 0.15) is 30.1 Å². The molecule has 3 aromatic heterocycles. The van der Waals surface area contributed by atoms with E-state index in [4.69, 9.17) is 11.5 Å². The Morgan fingerprint density at radius 2 is 2.12 bits per heavy atom. The number of hydrogen-bond acceptors (Lipinski definition) is 6. The van der Waals surface area contributed by atoms with E-state index in [1.165, 1.54) is 0 Å². The van der Waals surface area contributed by atoms with Gasteiger partial charge in [-0.15, -0.1) is 0 Å². The average Bonchev–Trinajstić information content (AvgIpc) is 2.94. The standard InChI is InChI=1S/C17H21N7/c1-23(10-13-9-20-15-4-2-3-5-24(13)15)16-8-14(21-17(19)22-16)11-6-12(18)7-11/h2-5,8-9,11-12H,6-7,10,18H2,1H3,(H2,19,21,22). The van der Waals surface area contributed by atoms with E-state index in [-0.39, 0.29) is 6.04 Å². The van der Waals surface area contributed by atoms with Gasteiger partial charge < -0.3 is 20.8 Å². The van der Waals surface area contributed by atoms with Crippen molar-refractivity contribution in [1.29, 1.82) is 0 Å². The maximum atomic E-state index is 5.91. The van der Waals surface area contributed by atoms with Crippen LogP contribution in [-0.4, -0.2) is 32.4 Å². The van der Waals surface area contributed by atoms with Crippen LogP contribution in [-0.2, 0) is 6.54 Å². The third-order valence-corrected chi connectivity index (χ3v) is 4.63. The number of nitrogens with two attached hydrogens (primary N) is 2. The molecule has 0 unspecified atom stereocenters. The second kappa shape index (κ2) is 5.76. The van der Waals surface area contributed by atoms with Gasteiger partial charge in [-0.25, -0.2) is 9.97 Å².